The smallest absolute Gasteiger partial charge is 0.407 e. The molecular weight excluding hydrogens is 475 g/mol. The lowest BCUT2D eigenvalue weighted by atomic mass is 9.85. The van der Waals surface area contributed by atoms with Crippen LogP contribution in [0.4, 0.5) is 14.9 Å². The summed E-state index contributed by atoms with van der Waals surface area (Å²) in [6.45, 7) is 12.1. The molecule has 3 amide bonds. The highest BCUT2D eigenvalue weighted by Crippen LogP contribution is 2.33. The molecule has 0 aromatic heterocycles. The number of rotatable bonds is 5. The Morgan fingerprint density at radius 1 is 1.08 bits per heavy atom. The summed E-state index contributed by atoms with van der Waals surface area (Å²) in [7, 11) is 0. The Balaban J connectivity index is 1.24. The van der Waals surface area contributed by atoms with Crippen LogP contribution in [-0.4, -0.2) is 67.2 Å². The molecule has 3 fully saturated rings. The van der Waals surface area contributed by atoms with Crippen LogP contribution >= 0.6 is 0 Å². The quantitative estimate of drug-likeness (QED) is 0.578. The van der Waals surface area contributed by atoms with E-state index in [1.807, 2.05) is 27.7 Å². The number of alkyl carbamates (subject to hydrolysis) is 1. The van der Waals surface area contributed by atoms with Gasteiger partial charge in [-0.15, -0.1) is 0 Å². The minimum atomic E-state index is -0.614. The number of hydrogen-bond donors (Lipinski definition) is 2. The number of nitrogens with one attached hydrogen (secondary N) is 2. The fraction of sp³-hybridized carbons (Fsp3) is 0.679. The molecule has 1 aromatic carbocycles. The van der Waals surface area contributed by atoms with Crippen molar-refractivity contribution in [2.75, 3.05) is 37.6 Å². The average molecular weight is 517 g/mol. The van der Waals surface area contributed by atoms with E-state index in [9.17, 15) is 14.4 Å². The van der Waals surface area contributed by atoms with E-state index in [0.717, 1.165) is 69.7 Å². The van der Waals surface area contributed by atoms with E-state index in [-0.39, 0.29) is 30.3 Å². The number of piperidine rings is 1. The Bertz CT molecular complexity index is 1010. The summed E-state index contributed by atoms with van der Waals surface area (Å²) in [5, 5.41) is 5.34. The number of halogens is 1. The van der Waals surface area contributed by atoms with Crippen LogP contribution in [-0.2, 0) is 14.3 Å². The molecule has 2 aliphatic heterocycles. The number of imide groups is 1. The van der Waals surface area contributed by atoms with E-state index >= 15 is 4.39 Å². The van der Waals surface area contributed by atoms with Crippen LogP contribution in [0.15, 0.2) is 12.1 Å². The number of amides is 3. The van der Waals surface area contributed by atoms with Crippen LogP contribution in [0, 0.1) is 18.7 Å². The molecule has 2 N–H and O–H groups in total. The van der Waals surface area contributed by atoms with Gasteiger partial charge in [0.25, 0.3) is 0 Å². The van der Waals surface area contributed by atoms with Gasteiger partial charge < -0.3 is 15.0 Å². The second-order valence-corrected chi connectivity index (χ2v) is 11.8. The number of hydrogen-bond acceptors (Lipinski definition) is 6. The topological polar surface area (TPSA) is 91.0 Å². The van der Waals surface area contributed by atoms with Gasteiger partial charge in [-0.1, -0.05) is 6.07 Å². The molecular formula is C28H41FN4O4. The zero-order chi connectivity index (χ0) is 26.7. The van der Waals surface area contributed by atoms with E-state index in [0.29, 0.717) is 17.9 Å². The monoisotopic (exact) mass is 516 g/mol. The highest BCUT2D eigenvalue weighted by molar-refractivity contribution is 6.01. The minimum absolute atomic E-state index is 0.184. The second kappa shape index (κ2) is 11.4. The first-order valence-electron chi connectivity index (χ1n) is 13.6. The number of carbonyl (C=O) groups excluding carboxylic acids is 3. The average Bonchev–Trinajstić information content (AvgIpc) is 2.81. The van der Waals surface area contributed by atoms with Crippen LogP contribution in [0.5, 0.6) is 0 Å². The van der Waals surface area contributed by atoms with Gasteiger partial charge in [-0.05, 0) is 77.3 Å². The fourth-order valence-electron chi connectivity index (χ4n) is 5.79. The number of ether oxygens (including phenoxy) is 1. The molecule has 1 aromatic rings. The fourth-order valence-corrected chi connectivity index (χ4v) is 5.79. The maximum Gasteiger partial charge on any atom is 0.407 e. The molecule has 37 heavy (non-hydrogen) atoms. The minimum Gasteiger partial charge on any atom is -0.444 e. The first-order valence-corrected chi connectivity index (χ1v) is 13.6. The van der Waals surface area contributed by atoms with Gasteiger partial charge in [0.15, 0.2) is 0 Å². The van der Waals surface area contributed by atoms with Crippen molar-refractivity contribution >= 4 is 23.6 Å². The Hall–Kier alpha value is -2.68. The van der Waals surface area contributed by atoms with Crippen molar-refractivity contribution in [2.24, 2.45) is 5.92 Å². The van der Waals surface area contributed by atoms with Crippen LogP contribution in [0.25, 0.3) is 0 Å². The first-order chi connectivity index (χ1) is 17.5. The summed E-state index contributed by atoms with van der Waals surface area (Å²) in [5.41, 5.74) is 1.72. The van der Waals surface area contributed by atoms with E-state index in [4.69, 9.17) is 4.74 Å². The van der Waals surface area contributed by atoms with Crippen molar-refractivity contribution in [3.63, 3.8) is 0 Å². The molecule has 0 radical (unpaired) electrons. The van der Waals surface area contributed by atoms with Crippen molar-refractivity contribution in [1.29, 1.82) is 0 Å². The number of carbonyl (C=O) groups is 3. The van der Waals surface area contributed by atoms with Crippen molar-refractivity contribution < 1.29 is 23.5 Å². The molecule has 1 unspecified atom stereocenters. The molecule has 4 rings (SSSR count). The Morgan fingerprint density at radius 2 is 1.76 bits per heavy atom. The van der Waals surface area contributed by atoms with Gasteiger partial charge in [0.2, 0.25) is 11.8 Å². The molecule has 1 aliphatic carbocycles. The molecule has 2 heterocycles. The Morgan fingerprint density at radius 3 is 2.38 bits per heavy atom. The normalized spacial score (nSPS) is 25.5. The third-order valence-corrected chi connectivity index (χ3v) is 7.73. The van der Waals surface area contributed by atoms with Gasteiger partial charge in [0, 0.05) is 56.4 Å². The first kappa shape index (κ1) is 27.4. The molecule has 0 bridgehead atoms. The lowest BCUT2D eigenvalue weighted by Crippen LogP contribution is -2.49. The molecule has 2 saturated heterocycles. The summed E-state index contributed by atoms with van der Waals surface area (Å²) < 4.78 is 20.5. The summed E-state index contributed by atoms with van der Waals surface area (Å²) >= 11 is 0. The number of nitrogens with zero attached hydrogens (tertiary/aromatic N) is 2. The number of benzene rings is 1. The van der Waals surface area contributed by atoms with Crippen LogP contribution in [0.3, 0.4) is 0 Å². The maximum absolute atomic E-state index is 15.1. The molecule has 9 heteroatoms. The highest BCUT2D eigenvalue weighted by atomic mass is 19.1. The van der Waals surface area contributed by atoms with Crippen molar-refractivity contribution in [3.05, 3.63) is 29.1 Å². The predicted molar refractivity (Wildman–Crippen MR) is 140 cm³/mol. The van der Waals surface area contributed by atoms with Gasteiger partial charge in [0.05, 0.1) is 5.92 Å². The maximum atomic E-state index is 15.1. The SMILES string of the molecule is Cc1cc(C2CCC(=O)NC2=O)c(F)cc1N1CCN(CC2CCC(NC(=O)OC(C)(C)C)CC2)CC1. The van der Waals surface area contributed by atoms with Gasteiger partial charge in [-0.2, -0.15) is 0 Å². The van der Waals surface area contributed by atoms with E-state index in [2.05, 4.69) is 20.4 Å². The van der Waals surface area contributed by atoms with E-state index < -0.39 is 17.4 Å². The second-order valence-electron chi connectivity index (χ2n) is 11.8. The third-order valence-electron chi connectivity index (χ3n) is 7.73. The summed E-state index contributed by atoms with van der Waals surface area (Å²) in [4.78, 5) is 40.4. The van der Waals surface area contributed by atoms with Gasteiger partial charge in [0.1, 0.15) is 11.4 Å². The molecule has 1 atom stereocenters. The Kier molecular flexibility index (Phi) is 8.41. The number of piperazine rings is 1. The summed E-state index contributed by atoms with van der Waals surface area (Å²) in [5.74, 6) is -1.08. The van der Waals surface area contributed by atoms with Gasteiger partial charge in [-0.25, -0.2) is 9.18 Å². The zero-order valence-corrected chi connectivity index (χ0v) is 22.6. The molecule has 0 spiro atoms. The highest BCUT2D eigenvalue weighted by Gasteiger charge is 2.31. The van der Waals surface area contributed by atoms with Crippen LogP contribution in [0.1, 0.15) is 76.3 Å². The summed E-state index contributed by atoms with van der Waals surface area (Å²) in [6.07, 6.45) is 4.38. The lowest BCUT2D eigenvalue weighted by Gasteiger charge is -2.39. The van der Waals surface area contributed by atoms with E-state index in [1.165, 1.54) is 0 Å². The Labute approximate surface area is 219 Å². The van der Waals surface area contributed by atoms with Gasteiger partial charge in [-0.3, -0.25) is 19.8 Å². The lowest BCUT2D eigenvalue weighted by molar-refractivity contribution is -0.134. The van der Waals surface area contributed by atoms with Crippen LogP contribution < -0.4 is 15.5 Å². The van der Waals surface area contributed by atoms with Crippen molar-refractivity contribution in [3.8, 4) is 0 Å². The predicted octanol–water partition coefficient (Wildman–Crippen LogP) is 3.86. The molecule has 8 nitrogen and oxygen atoms in total. The van der Waals surface area contributed by atoms with E-state index in [1.54, 1.807) is 12.1 Å². The molecule has 3 aliphatic rings. The third kappa shape index (κ3) is 7.21. The summed E-state index contributed by atoms with van der Waals surface area (Å²) in [6, 6.07) is 3.52. The molecule has 1 saturated carbocycles. The number of anilines is 1. The molecule has 204 valence electrons. The van der Waals surface area contributed by atoms with Crippen molar-refractivity contribution in [2.45, 2.75) is 83.8 Å². The van der Waals surface area contributed by atoms with Crippen LogP contribution in [0.2, 0.25) is 0 Å². The van der Waals surface area contributed by atoms with Gasteiger partial charge >= 0.3 is 6.09 Å². The largest absolute Gasteiger partial charge is 0.444 e. The standard InChI is InChI=1S/C28H41FN4O4/c1-18-15-22(21-9-10-25(34)31-26(21)35)23(29)16-24(18)33-13-11-32(12-14-33)17-19-5-7-20(8-6-19)30-27(36)37-28(2,3)4/h15-16,19-21H,5-14,17H2,1-4H3,(H,30,36)(H,31,34,35). The van der Waals surface area contributed by atoms with Crippen molar-refractivity contribution in [1.82, 2.24) is 15.5 Å². The zero-order valence-electron chi connectivity index (χ0n) is 22.6. The number of aryl methyl sites for hydroxylation is 1.